The van der Waals surface area contributed by atoms with Crippen LogP contribution < -0.4 is 22.1 Å². The molecule has 6 N–H and O–H groups in total. The van der Waals surface area contributed by atoms with Crippen molar-refractivity contribution in [2.24, 2.45) is 16.9 Å². The number of carbonyl (C=O) groups is 2. The molecule has 1 aromatic heterocycles. The molecule has 1 fully saturated rings. The van der Waals surface area contributed by atoms with E-state index < -0.39 is 29.0 Å². The van der Waals surface area contributed by atoms with Gasteiger partial charge in [0.1, 0.15) is 0 Å². The molecule has 1 aromatic carbocycles. The van der Waals surface area contributed by atoms with Gasteiger partial charge in [-0.25, -0.2) is 4.68 Å². The number of ketones is 1. The highest BCUT2D eigenvalue weighted by Crippen LogP contribution is 2.42. The molecular weight excluding hydrogens is 521 g/mol. The number of benzene rings is 1. The third-order valence-corrected chi connectivity index (χ3v) is 7.98. The van der Waals surface area contributed by atoms with Crippen molar-refractivity contribution >= 4 is 17.4 Å². The molecule has 0 radical (unpaired) electrons. The van der Waals surface area contributed by atoms with Gasteiger partial charge in [-0.1, -0.05) is 26.7 Å². The van der Waals surface area contributed by atoms with Gasteiger partial charge in [0.15, 0.2) is 11.5 Å². The topological polar surface area (TPSA) is 128 Å². The summed E-state index contributed by atoms with van der Waals surface area (Å²) >= 11 is 0. The number of halogens is 3. The van der Waals surface area contributed by atoms with Crippen LogP contribution in [0.2, 0.25) is 0 Å². The zero-order valence-electron chi connectivity index (χ0n) is 23.4. The third-order valence-electron chi connectivity index (χ3n) is 7.98. The Morgan fingerprint density at radius 2 is 1.75 bits per heavy atom. The minimum atomic E-state index is -4.77. The fraction of sp³-hybridized carbons (Fsp3) is 0.621. The lowest BCUT2D eigenvalue weighted by molar-refractivity contribution is -0.141. The number of fused-ring (bicyclic) bond motifs is 1. The predicted molar refractivity (Wildman–Crippen MR) is 149 cm³/mol. The summed E-state index contributed by atoms with van der Waals surface area (Å²) in [7, 11) is 0. The summed E-state index contributed by atoms with van der Waals surface area (Å²) < 4.78 is 42.9. The van der Waals surface area contributed by atoms with Crippen molar-refractivity contribution in [1.29, 1.82) is 0 Å². The van der Waals surface area contributed by atoms with Crippen LogP contribution in [0.5, 0.6) is 0 Å². The van der Waals surface area contributed by atoms with Gasteiger partial charge in [-0.05, 0) is 81.6 Å². The van der Waals surface area contributed by atoms with Gasteiger partial charge in [0.2, 0.25) is 0 Å². The van der Waals surface area contributed by atoms with Crippen molar-refractivity contribution in [2.45, 2.75) is 96.3 Å². The molecule has 40 heavy (non-hydrogen) atoms. The number of amides is 1. The Balaban J connectivity index is 1.52. The smallest absolute Gasteiger partial charge is 0.382 e. The fourth-order valence-electron chi connectivity index (χ4n) is 5.95. The minimum absolute atomic E-state index is 0.0218. The highest BCUT2D eigenvalue weighted by Gasteiger charge is 2.45. The Morgan fingerprint density at radius 1 is 1.07 bits per heavy atom. The number of nitrogens with two attached hydrogens (primary N) is 2. The van der Waals surface area contributed by atoms with E-state index in [4.69, 9.17) is 11.5 Å². The number of hydrogen-bond acceptors (Lipinski definition) is 6. The molecule has 2 aliphatic rings. The SMILES string of the molecule is CC1(C)CC(=O)c2c(C(F)(F)F)nn(-c3ccc(C(N)=O)c(NC4CCC(NCCCCCCN)CC4)c3)c2C1. The molecular formula is C29H41F3N6O2. The van der Waals surface area contributed by atoms with Crippen LogP contribution in [-0.4, -0.2) is 46.6 Å². The van der Waals surface area contributed by atoms with Gasteiger partial charge in [0.25, 0.3) is 5.91 Å². The lowest BCUT2D eigenvalue weighted by Crippen LogP contribution is -2.37. The number of alkyl halides is 3. The van der Waals surface area contributed by atoms with Crippen molar-refractivity contribution < 1.29 is 22.8 Å². The number of rotatable bonds is 11. The molecule has 0 spiro atoms. The van der Waals surface area contributed by atoms with Crippen LogP contribution in [0.25, 0.3) is 5.69 Å². The van der Waals surface area contributed by atoms with Crippen LogP contribution in [-0.2, 0) is 12.6 Å². The average molecular weight is 563 g/mol. The molecule has 11 heteroatoms. The molecule has 1 heterocycles. The summed E-state index contributed by atoms with van der Waals surface area (Å²) in [5.41, 5.74) is 10.5. The maximum atomic E-state index is 13.9. The largest absolute Gasteiger partial charge is 0.435 e. The lowest BCUT2D eigenvalue weighted by atomic mass is 9.75. The van der Waals surface area contributed by atoms with Crippen molar-refractivity contribution in [3.8, 4) is 5.69 Å². The summed E-state index contributed by atoms with van der Waals surface area (Å²) in [6.07, 6.45) is 3.75. The van der Waals surface area contributed by atoms with Crippen LogP contribution in [0, 0.1) is 5.41 Å². The van der Waals surface area contributed by atoms with E-state index in [1.54, 1.807) is 6.07 Å². The van der Waals surface area contributed by atoms with E-state index in [-0.39, 0.29) is 35.7 Å². The van der Waals surface area contributed by atoms with Crippen molar-refractivity contribution in [2.75, 3.05) is 18.4 Å². The first-order valence-corrected chi connectivity index (χ1v) is 14.3. The first-order valence-electron chi connectivity index (χ1n) is 14.3. The Kier molecular flexibility index (Phi) is 9.24. The van der Waals surface area contributed by atoms with Crippen LogP contribution in [0.15, 0.2) is 18.2 Å². The number of aromatic nitrogens is 2. The van der Waals surface area contributed by atoms with Crippen molar-refractivity contribution in [3.05, 3.63) is 40.7 Å². The number of carbonyl (C=O) groups excluding carboxylic acids is 2. The van der Waals surface area contributed by atoms with E-state index in [9.17, 15) is 22.8 Å². The van der Waals surface area contributed by atoms with Crippen LogP contribution in [0.3, 0.4) is 0 Å². The van der Waals surface area contributed by atoms with Crippen LogP contribution in [0.1, 0.15) is 104 Å². The first kappa shape index (κ1) is 30.0. The van der Waals surface area contributed by atoms with Gasteiger partial charge in [0.05, 0.1) is 22.5 Å². The Bertz CT molecular complexity index is 1220. The number of unbranched alkanes of at least 4 members (excludes halogenated alkanes) is 3. The van der Waals surface area contributed by atoms with Gasteiger partial charge < -0.3 is 22.1 Å². The molecule has 8 nitrogen and oxygen atoms in total. The number of anilines is 1. The van der Waals surface area contributed by atoms with Crippen LogP contribution in [0.4, 0.5) is 18.9 Å². The van der Waals surface area contributed by atoms with Crippen LogP contribution >= 0.6 is 0 Å². The van der Waals surface area contributed by atoms with Gasteiger partial charge in [-0.3, -0.25) is 9.59 Å². The van der Waals surface area contributed by atoms with Gasteiger partial charge >= 0.3 is 6.18 Å². The molecule has 0 unspecified atom stereocenters. The van der Waals surface area contributed by atoms with Crippen molar-refractivity contribution in [1.82, 2.24) is 15.1 Å². The Hall–Kier alpha value is -2.92. The van der Waals surface area contributed by atoms with E-state index in [1.807, 2.05) is 13.8 Å². The van der Waals surface area contributed by atoms with E-state index in [0.29, 0.717) is 17.4 Å². The quantitative estimate of drug-likeness (QED) is 0.286. The normalized spacial score (nSPS) is 20.8. The average Bonchev–Trinajstić information content (AvgIpc) is 3.26. The third kappa shape index (κ3) is 7.04. The minimum Gasteiger partial charge on any atom is -0.382 e. The second-order valence-electron chi connectivity index (χ2n) is 12.0. The van der Waals surface area contributed by atoms with E-state index >= 15 is 0 Å². The number of primary amides is 1. The number of nitrogens with one attached hydrogen (secondary N) is 2. The molecule has 0 atom stereocenters. The summed E-state index contributed by atoms with van der Waals surface area (Å²) in [6, 6.07) is 5.18. The molecule has 0 aliphatic heterocycles. The first-order chi connectivity index (χ1) is 18.9. The van der Waals surface area contributed by atoms with Gasteiger partial charge in [0, 0.05) is 24.2 Å². The van der Waals surface area contributed by atoms with E-state index in [2.05, 4.69) is 15.7 Å². The maximum absolute atomic E-state index is 13.9. The number of hydrogen-bond donors (Lipinski definition) is 4. The molecule has 2 aliphatic carbocycles. The molecule has 220 valence electrons. The summed E-state index contributed by atoms with van der Waals surface area (Å²) in [4.78, 5) is 25.0. The summed E-state index contributed by atoms with van der Waals surface area (Å²) in [6.45, 7) is 5.43. The summed E-state index contributed by atoms with van der Waals surface area (Å²) in [5, 5.41) is 10.9. The Morgan fingerprint density at radius 3 is 2.40 bits per heavy atom. The van der Waals surface area contributed by atoms with Gasteiger partial charge in [-0.15, -0.1) is 0 Å². The zero-order valence-corrected chi connectivity index (χ0v) is 23.4. The van der Waals surface area contributed by atoms with E-state index in [0.717, 1.165) is 58.0 Å². The second-order valence-corrected chi connectivity index (χ2v) is 12.0. The van der Waals surface area contributed by atoms with Gasteiger partial charge in [-0.2, -0.15) is 18.3 Å². The maximum Gasteiger partial charge on any atom is 0.435 e. The fourth-order valence-corrected chi connectivity index (χ4v) is 5.95. The monoisotopic (exact) mass is 562 g/mol. The number of Topliss-reactive ketones (excluding diaryl/α,β-unsaturated/α-hetero) is 1. The standard InChI is InChI=1S/C29H41F3N6O2/c1-28(2)16-23-25(24(39)17-28)26(29(30,31)32)37-38(23)20-11-12-21(27(34)40)22(15-20)36-19-9-7-18(8-10-19)35-14-6-4-3-5-13-33/h11-12,15,18-19,35-36H,3-10,13-14,16-17,33H2,1-2H3,(H2,34,40). The lowest BCUT2D eigenvalue weighted by Gasteiger charge is -2.31. The van der Waals surface area contributed by atoms with Crippen molar-refractivity contribution in [3.63, 3.8) is 0 Å². The predicted octanol–water partition coefficient (Wildman–Crippen LogP) is 4.98. The molecule has 4 rings (SSSR count). The number of nitrogens with zero attached hydrogens (tertiary/aromatic N) is 2. The highest BCUT2D eigenvalue weighted by atomic mass is 19.4. The second kappa shape index (κ2) is 12.3. The molecule has 0 bridgehead atoms. The highest BCUT2D eigenvalue weighted by molar-refractivity contribution is 6.00. The Labute approximate surface area is 233 Å². The molecule has 0 saturated heterocycles. The molecule has 1 amide bonds. The summed E-state index contributed by atoms with van der Waals surface area (Å²) in [5.74, 6) is -1.19. The molecule has 1 saturated carbocycles. The molecule has 2 aromatic rings. The van der Waals surface area contributed by atoms with E-state index in [1.165, 1.54) is 23.2 Å². The zero-order chi connectivity index (χ0) is 29.1.